The third-order valence-corrected chi connectivity index (χ3v) is 4.22. The maximum absolute atomic E-state index is 11.2. The fraction of sp³-hybridized carbons (Fsp3) is 0.500. The van der Waals surface area contributed by atoms with Gasteiger partial charge in [0, 0.05) is 48.3 Å². The molecule has 1 aromatic rings. The lowest BCUT2D eigenvalue weighted by molar-refractivity contribution is 0.115. The van der Waals surface area contributed by atoms with Crippen LogP contribution in [-0.4, -0.2) is 53.7 Å². The molecule has 1 aliphatic rings. The van der Waals surface area contributed by atoms with Gasteiger partial charge in [-0.2, -0.15) is 0 Å². The van der Waals surface area contributed by atoms with Gasteiger partial charge in [0.2, 0.25) is 0 Å². The van der Waals surface area contributed by atoms with Gasteiger partial charge in [0.1, 0.15) is 0 Å². The number of carbonyl (C=O) groups is 1. The van der Waals surface area contributed by atoms with Crippen molar-refractivity contribution >= 4 is 29.2 Å². The minimum atomic E-state index is -0.685. The van der Waals surface area contributed by atoms with Crippen LogP contribution in [-0.2, 0) is 0 Å². The van der Waals surface area contributed by atoms with Crippen molar-refractivity contribution in [2.45, 2.75) is 12.5 Å². The fourth-order valence-electron chi connectivity index (χ4n) is 2.49. The van der Waals surface area contributed by atoms with E-state index in [-0.39, 0.29) is 0 Å². The second kappa shape index (κ2) is 7.31. The van der Waals surface area contributed by atoms with Crippen LogP contribution in [0.1, 0.15) is 18.1 Å². The molecule has 5 nitrogen and oxygen atoms in total. The van der Waals surface area contributed by atoms with Crippen LogP contribution >= 0.6 is 23.2 Å². The van der Waals surface area contributed by atoms with E-state index in [1.54, 1.807) is 23.1 Å². The Labute approximate surface area is 134 Å². The van der Waals surface area contributed by atoms with Crippen LogP contribution < -0.4 is 5.73 Å². The second-order valence-corrected chi connectivity index (χ2v) is 6.00. The van der Waals surface area contributed by atoms with Crippen LogP contribution in [0.3, 0.4) is 0 Å². The number of β-amino-alcohol motifs (C(OH)–C–C–N with tert-alkyl or cyclic N) is 1. The van der Waals surface area contributed by atoms with Crippen LogP contribution in [0, 0.1) is 0 Å². The first-order chi connectivity index (χ1) is 9.97. The monoisotopic (exact) mass is 331 g/mol. The normalized spacial score (nSPS) is 18.3. The van der Waals surface area contributed by atoms with E-state index in [0.29, 0.717) is 41.8 Å². The molecule has 0 saturated carbocycles. The quantitative estimate of drug-likeness (QED) is 0.891. The highest BCUT2D eigenvalue weighted by atomic mass is 35.5. The average Bonchev–Trinajstić information content (AvgIpc) is 2.64. The third-order valence-electron chi connectivity index (χ3n) is 3.65. The van der Waals surface area contributed by atoms with E-state index in [9.17, 15) is 9.90 Å². The predicted octanol–water partition coefficient (Wildman–Crippen LogP) is 2.11. The Bertz CT molecular complexity index is 513. The van der Waals surface area contributed by atoms with Crippen molar-refractivity contribution in [3.8, 4) is 0 Å². The van der Waals surface area contributed by atoms with Gasteiger partial charge >= 0.3 is 6.03 Å². The van der Waals surface area contributed by atoms with E-state index < -0.39 is 12.1 Å². The molecule has 0 bridgehead atoms. The van der Waals surface area contributed by atoms with Crippen LogP contribution in [0.2, 0.25) is 10.0 Å². The van der Waals surface area contributed by atoms with Crippen molar-refractivity contribution in [1.29, 1.82) is 0 Å². The van der Waals surface area contributed by atoms with Gasteiger partial charge in [-0.15, -0.1) is 0 Å². The molecule has 1 heterocycles. The molecule has 1 aliphatic heterocycles. The molecule has 7 heteroatoms. The molecule has 1 unspecified atom stereocenters. The molecule has 0 aliphatic carbocycles. The summed E-state index contributed by atoms with van der Waals surface area (Å²) < 4.78 is 0. The van der Waals surface area contributed by atoms with E-state index in [4.69, 9.17) is 28.9 Å². The van der Waals surface area contributed by atoms with Gasteiger partial charge in [0.15, 0.2) is 0 Å². The SMILES string of the molecule is NC(=O)N1CCCN(CC(O)c2ccc(Cl)cc2Cl)CC1. The van der Waals surface area contributed by atoms with Gasteiger partial charge in [-0.1, -0.05) is 29.3 Å². The van der Waals surface area contributed by atoms with Crippen molar-refractivity contribution < 1.29 is 9.90 Å². The maximum Gasteiger partial charge on any atom is 0.314 e. The highest BCUT2D eigenvalue weighted by Gasteiger charge is 2.20. The van der Waals surface area contributed by atoms with E-state index in [2.05, 4.69) is 4.90 Å². The van der Waals surface area contributed by atoms with Crippen LogP contribution in [0.5, 0.6) is 0 Å². The third kappa shape index (κ3) is 4.48. The molecule has 2 rings (SSSR count). The number of hydrogen-bond acceptors (Lipinski definition) is 3. The summed E-state index contributed by atoms with van der Waals surface area (Å²) in [7, 11) is 0. The Kier molecular flexibility index (Phi) is 5.70. The highest BCUT2D eigenvalue weighted by molar-refractivity contribution is 6.35. The number of urea groups is 1. The van der Waals surface area contributed by atoms with Gasteiger partial charge in [-0.3, -0.25) is 4.90 Å². The number of aliphatic hydroxyl groups is 1. The largest absolute Gasteiger partial charge is 0.387 e. The molecule has 1 atom stereocenters. The number of hydrogen-bond donors (Lipinski definition) is 2. The molecule has 0 radical (unpaired) electrons. The fourth-order valence-corrected chi connectivity index (χ4v) is 3.02. The number of benzene rings is 1. The van der Waals surface area contributed by atoms with Gasteiger partial charge < -0.3 is 15.7 Å². The summed E-state index contributed by atoms with van der Waals surface area (Å²) in [5.74, 6) is 0. The smallest absolute Gasteiger partial charge is 0.314 e. The van der Waals surface area contributed by atoms with E-state index >= 15 is 0 Å². The predicted molar refractivity (Wildman–Crippen MR) is 83.6 cm³/mol. The van der Waals surface area contributed by atoms with Gasteiger partial charge in [-0.25, -0.2) is 4.79 Å². The Hall–Kier alpha value is -1.01. The van der Waals surface area contributed by atoms with E-state index in [1.165, 1.54) is 0 Å². The minimum Gasteiger partial charge on any atom is -0.387 e. The van der Waals surface area contributed by atoms with Crippen molar-refractivity contribution in [2.75, 3.05) is 32.7 Å². The zero-order chi connectivity index (χ0) is 15.4. The highest BCUT2D eigenvalue weighted by Crippen LogP contribution is 2.27. The summed E-state index contributed by atoms with van der Waals surface area (Å²) in [6, 6.07) is 4.68. The zero-order valence-corrected chi connectivity index (χ0v) is 13.1. The molecule has 116 valence electrons. The van der Waals surface area contributed by atoms with Gasteiger partial charge in [-0.05, 0) is 18.6 Å². The number of primary amides is 1. The maximum atomic E-state index is 11.2. The first kappa shape index (κ1) is 16.4. The summed E-state index contributed by atoms with van der Waals surface area (Å²) in [6.07, 6.45) is 0.152. The molecule has 1 saturated heterocycles. The van der Waals surface area contributed by atoms with Crippen molar-refractivity contribution in [3.05, 3.63) is 33.8 Å². The summed E-state index contributed by atoms with van der Waals surface area (Å²) in [5, 5.41) is 11.3. The number of amides is 2. The minimum absolute atomic E-state index is 0.391. The topological polar surface area (TPSA) is 69.8 Å². The number of carbonyl (C=O) groups excluding carboxylic acids is 1. The number of aliphatic hydroxyl groups excluding tert-OH is 1. The first-order valence-corrected chi connectivity index (χ1v) is 7.62. The molecular formula is C14H19Cl2N3O2. The Morgan fingerprint density at radius 3 is 2.71 bits per heavy atom. The lowest BCUT2D eigenvalue weighted by Crippen LogP contribution is -2.39. The lowest BCUT2D eigenvalue weighted by Gasteiger charge is -2.24. The summed E-state index contributed by atoms with van der Waals surface area (Å²) in [5.41, 5.74) is 5.96. The van der Waals surface area contributed by atoms with Crippen LogP contribution in [0.25, 0.3) is 0 Å². The number of halogens is 2. The average molecular weight is 332 g/mol. The summed E-state index contributed by atoms with van der Waals surface area (Å²) in [4.78, 5) is 14.9. The molecule has 1 fully saturated rings. The Morgan fingerprint density at radius 2 is 2.05 bits per heavy atom. The molecule has 3 N–H and O–H groups in total. The van der Waals surface area contributed by atoms with Crippen LogP contribution in [0.15, 0.2) is 18.2 Å². The van der Waals surface area contributed by atoms with Crippen molar-refractivity contribution in [1.82, 2.24) is 9.80 Å². The Balaban J connectivity index is 1.96. The lowest BCUT2D eigenvalue weighted by atomic mass is 10.1. The van der Waals surface area contributed by atoms with Gasteiger partial charge in [0.05, 0.1) is 6.10 Å². The number of rotatable bonds is 3. The second-order valence-electron chi connectivity index (χ2n) is 5.16. The van der Waals surface area contributed by atoms with Gasteiger partial charge in [0.25, 0.3) is 0 Å². The summed E-state index contributed by atoms with van der Waals surface area (Å²) >= 11 is 12.0. The van der Waals surface area contributed by atoms with Crippen molar-refractivity contribution in [3.63, 3.8) is 0 Å². The van der Waals surface area contributed by atoms with Crippen LogP contribution in [0.4, 0.5) is 4.79 Å². The van der Waals surface area contributed by atoms with Crippen molar-refractivity contribution in [2.24, 2.45) is 5.73 Å². The number of nitrogens with zero attached hydrogens (tertiary/aromatic N) is 2. The Morgan fingerprint density at radius 1 is 1.29 bits per heavy atom. The van der Waals surface area contributed by atoms with E-state index in [1.807, 2.05) is 0 Å². The molecule has 0 spiro atoms. The molecular weight excluding hydrogens is 313 g/mol. The number of nitrogens with two attached hydrogens (primary N) is 1. The molecule has 1 aromatic carbocycles. The summed E-state index contributed by atoms with van der Waals surface area (Å²) in [6.45, 7) is 3.20. The molecule has 0 aromatic heterocycles. The molecule has 21 heavy (non-hydrogen) atoms. The standard InChI is InChI=1S/C14H19Cl2N3O2/c15-10-2-3-11(12(16)8-10)13(20)9-18-4-1-5-19(7-6-18)14(17)21/h2-3,8,13,20H,1,4-7,9H2,(H2,17,21). The first-order valence-electron chi connectivity index (χ1n) is 6.87. The van der Waals surface area contributed by atoms with E-state index in [0.717, 1.165) is 13.0 Å². The zero-order valence-electron chi connectivity index (χ0n) is 11.6. The molecule has 2 amide bonds.